The first-order chi connectivity index (χ1) is 9.74. The highest BCUT2D eigenvalue weighted by Crippen LogP contribution is 2.44. The van der Waals surface area contributed by atoms with Crippen LogP contribution in [0.1, 0.15) is 27.2 Å². The van der Waals surface area contributed by atoms with E-state index in [1.54, 1.807) is 6.07 Å². The van der Waals surface area contributed by atoms with E-state index in [-0.39, 0.29) is 23.0 Å². The molecule has 0 saturated heterocycles. The third-order valence-electron chi connectivity index (χ3n) is 3.97. The molecule has 1 aliphatic carbocycles. The van der Waals surface area contributed by atoms with Crippen molar-refractivity contribution in [3.8, 4) is 11.5 Å². The van der Waals surface area contributed by atoms with E-state index >= 15 is 0 Å². The zero-order chi connectivity index (χ0) is 15.7. The van der Waals surface area contributed by atoms with Crippen LogP contribution in [0.5, 0.6) is 11.5 Å². The molecule has 0 aromatic heterocycles. The maximum absolute atomic E-state index is 12.4. The van der Waals surface area contributed by atoms with Gasteiger partial charge in [0.2, 0.25) is 0 Å². The van der Waals surface area contributed by atoms with Crippen LogP contribution in [0.2, 0.25) is 0 Å². The van der Waals surface area contributed by atoms with Crippen molar-refractivity contribution in [2.24, 2.45) is 5.41 Å². The van der Waals surface area contributed by atoms with Gasteiger partial charge in [-0.3, -0.25) is 0 Å². The average Bonchev–Trinajstić information content (AvgIpc) is 2.38. The van der Waals surface area contributed by atoms with Crippen molar-refractivity contribution in [2.75, 3.05) is 6.54 Å². The number of halogens is 3. The largest absolute Gasteiger partial charge is 0.573 e. The van der Waals surface area contributed by atoms with Gasteiger partial charge in [0.1, 0.15) is 6.10 Å². The lowest BCUT2D eigenvalue weighted by Gasteiger charge is -2.51. The van der Waals surface area contributed by atoms with Gasteiger partial charge >= 0.3 is 6.36 Å². The molecule has 0 amide bonds. The fourth-order valence-electron chi connectivity index (χ4n) is 2.59. The Kier molecular flexibility index (Phi) is 4.37. The molecular formula is C15H20F3NO2. The minimum Gasteiger partial charge on any atom is -0.486 e. The van der Waals surface area contributed by atoms with Crippen LogP contribution in [0.4, 0.5) is 13.2 Å². The second-order valence-electron chi connectivity index (χ2n) is 5.77. The molecule has 1 N–H and O–H groups in total. The minimum absolute atomic E-state index is 0.128. The van der Waals surface area contributed by atoms with E-state index in [0.717, 1.165) is 13.0 Å². The van der Waals surface area contributed by atoms with E-state index in [0.29, 0.717) is 6.04 Å². The maximum Gasteiger partial charge on any atom is 0.573 e. The molecule has 0 spiro atoms. The first-order valence-electron chi connectivity index (χ1n) is 6.99. The van der Waals surface area contributed by atoms with E-state index in [2.05, 4.69) is 10.1 Å². The topological polar surface area (TPSA) is 30.5 Å². The zero-order valence-corrected chi connectivity index (χ0v) is 12.3. The van der Waals surface area contributed by atoms with Gasteiger partial charge in [0, 0.05) is 17.9 Å². The van der Waals surface area contributed by atoms with Gasteiger partial charge in [0.05, 0.1) is 0 Å². The average molecular weight is 303 g/mol. The van der Waals surface area contributed by atoms with Crippen LogP contribution in [0.25, 0.3) is 0 Å². The maximum atomic E-state index is 12.4. The Balaban J connectivity index is 2.08. The summed E-state index contributed by atoms with van der Waals surface area (Å²) in [4.78, 5) is 0. The van der Waals surface area contributed by atoms with Crippen molar-refractivity contribution < 1.29 is 22.6 Å². The van der Waals surface area contributed by atoms with Crippen LogP contribution in [-0.2, 0) is 0 Å². The van der Waals surface area contributed by atoms with E-state index in [1.807, 2.05) is 20.8 Å². The van der Waals surface area contributed by atoms with Gasteiger partial charge < -0.3 is 14.8 Å². The lowest BCUT2D eigenvalue weighted by atomic mass is 9.64. The predicted octanol–water partition coefficient (Wildman–Crippen LogP) is 3.74. The zero-order valence-electron chi connectivity index (χ0n) is 12.3. The number of hydrogen-bond donors (Lipinski definition) is 1. The normalized spacial score (nSPS) is 24.3. The summed E-state index contributed by atoms with van der Waals surface area (Å²) < 4.78 is 46.9. The Morgan fingerprint density at radius 1 is 1.24 bits per heavy atom. The number of ether oxygens (including phenoxy) is 2. The van der Waals surface area contributed by atoms with Crippen molar-refractivity contribution >= 4 is 0 Å². The standard InChI is InChI=1S/C15H20F3NO2/c1-4-19-12-9-13(14(12,2)3)20-10-7-5-6-8-11(10)21-15(16,17)18/h5-8,12-13,19H,4,9H2,1-3H3. The summed E-state index contributed by atoms with van der Waals surface area (Å²) in [7, 11) is 0. The Morgan fingerprint density at radius 3 is 2.38 bits per heavy atom. The summed E-state index contributed by atoms with van der Waals surface area (Å²) in [6.07, 6.45) is -4.10. The molecule has 0 aliphatic heterocycles. The van der Waals surface area contributed by atoms with Crippen molar-refractivity contribution in [1.82, 2.24) is 5.32 Å². The van der Waals surface area contributed by atoms with Gasteiger partial charge in [-0.2, -0.15) is 0 Å². The quantitative estimate of drug-likeness (QED) is 0.899. The third kappa shape index (κ3) is 3.61. The number of hydrogen-bond acceptors (Lipinski definition) is 3. The fourth-order valence-corrected chi connectivity index (χ4v) is 2.59. The summed E-state index contributed by atoms with van der Waals surface area (Å²) >= 11 is 0. The summed E-state index contributed by atoms with van der Waals surface area (Å²) in [5.74, 6) is -0.171. The van der Waals surface area contributed by atoms with E-state index in [4.69, 9.17) is 4.74 Å². The van der Waals surface area contributed by atoms with Gasteiger partial charge in [0.15, 0.2) is 11.5 Å². The summed E-state index contributed by atoms with van der Waals surface area (Å²) in [6, 6.07) is 6.18. The SMILES string of the molecule is CCNC1CC(Oc2ccccc2OC(F)(F)F)C1(C)C. The molecule has 6 heteroatoms. The Bertz CT molecular complexity index is 488. The molecular weight excluding hydrogens is 283 g/mol. The first kappa shape index (κ1) is 15.9. The van der Waals surface area contributed by atoms with Crippen LogP contribution in [0.15, 0.2) is 24.3 Å². The highest BCUT2D eigenvalue weighted by Gasteiger charge is 2.49. The molecule has 0 bridgehead atoms. The molecule has 21 heavy (non-hydrogen) atoms. The van der Waals surface area contributed by atoms with Gasteiger partial charge in [-0.1, -0.05) is 32.9 Å². The molecule has 1 aliphatic rings. The lowest BCUT2D eigenvalue weighted by Crippen LogP contribution is -2.62. The second kappa shape index (κ2) is 5.75. The molecule has 2 atom stereocenters. The Labute approximate surface area is 122 Å². The molecule has 1 saturated carbocycles. The highest BCUT2D eigenvalue weighted by atomic mass is 19.4. The highest BCUT2D eigenvalue weighted by molar-refractivity contribution is 5.40. The fraction of sp³-hybridized carbons (Fsp3) is 0.600. The lowest BCUT2D eigenvalue weighted by molar-refractivity contribution is -0.275. The Hall–Kier alpha value is -1.43. The molecule has 1 fully saturated rings. The van der Waals surface area contributed by atoms with Crippen molar-refractivity contribution in [1.29, 1.82) is 0 Å². The molecule has 2 rings (SSSR count). The number of alkyl halides is 3. The van der Waals surface area contributed by atoms with Crippen LogP contribution < -0.4 is 14.8 Å². The molecule has 1 aromatic carbocycles. The van der Waals surface area contributed by atoms with E-state index in [9.17, 15) is 13.2 Å². The van der Waals surface area contributed by atoms with Gasteiger partial charge in [-0.25, -0.2) is 0 Å². The molecule has 1 aromatic rings. The molecule has 118 valence electrons. The van der Waals surface area contributed by atoms with Gasteiger partial charge in [0.25, 0.3) is 0 Å². The minimum atomic E-state index is -4.72. The van der Waals surface area contributed by atoms with E-state index < -0.39 is 6.36 Å². The molecule has 0 radical (unpaired) electrons. The number of rotatable bonds is 5. The molecule has 2 unspecified atom stereocenters. The summed E-state index contributed by atoms with van der Waals surface area (Å²) in [5.41, 5.74) is -0.138. The van der Waals surface area contributed by atoms with E-state index in [1.165, 1.54) is 18.2 Å². The van der Waals surface area contributed by atoms with Crippen molar-refractivity contribution in [2.45, 2.75) is 45.7 Å². The van der Waals surface area contributed by atoms with Crippen molar-refractivity contribution in [3.63, 3.8) is 0 Å². The first-order valence-corrected chi connectivity index (χ1v) is 6.99. The molecule has 3 nitrogen and oxygen atoms in total. The smallest absolute Gasteiger partial charge is 0.486 e. The number of nitrogens with one attached hydrogen (secondary N) is 1. The van der Waals surface area contributed by atoms with Gasteiger partial charge in [-0.05, 0) is 18.7 Å². The Morgan fingerprint density at radius 2 is 1.86 bits per heavy atom. The monoisotopic (exact) mass is 303 g/mol. The summed E-state index contributed by atoms with van der Waals surface area (Å²) in [6.45, 7) is 6.97. The third-order valence-corrected chi connectivity index (χ3v) is 3.97. The number of para-hydroxylation sites is 2. The van der Waals surface area contributed by atoms with Gasteiger partial charge in [-0.15, -0.1) is 13.2 Å². The van der Waals surface area contributed by atoms with Crippen molar-refractivity contribution in [3.05, 3.63) is 24.3 Å². The second-order valence-corrected chi connectivity index (χ2v) is 5.77. The predicted molar refractivity (Wildman–Crippen MR) is 73.4 cm³/mol. The molecule has 0 heterocycles. The van der Waals surface area contributed by atoms with Crippen LogP contribution in [0.3, 0.4) is 0 Å². The van der Waals surface area contributed by atoms with Crippen LogP contribution in [-0.4, -0.2) is 25.1 Å². The number of benzene rings is 1. The summed E-state index contributed by atoms with van der Waals surface area (Å²) in [5, 5.41) is 3.35. The van der Waals surface area contributed by atoms with Crippen LogP contribution >= 0.6 is 0 Å². The van der Waals surface area contributed by atoms with Crippen LogP contribution in [0, 0.1) is 5.41 Å².